The molecule has 2 rings (SSSR count). The van der Waals surface area contributed by atoms with Crippen molar-refractivity contribution in [3.05, 3.63) is 27.9 Å². The van der Waals surface area contributed by atoms with Crippen LogP contribution in [0.1, 0.15) is 23.3 Å². The molecule has 7 nitrogen and oxygen atoms in total. The minimum absolute atomic E-state index is 0.0254. The molecule has 0 bridgehead atoms. The van der Waals surface area contributed by atoms with Crippen molar-refractivity contribution in [3.8, 4) is 0 Å². The SMILES string of the molecule is O=C(O)c1ccc([N+](=O)[O-])c(NCC2CCCS2)n1. The molecule has 0 radical (unpaired) electrons. The van der Waals surface area contributed by atoms with Gasteiger partial charge in [0.2, 0.25) is 5.82 Å². The van der Waals surface area contributed by atoms with Gasteiger partial charge in [-0.25, -0.2) is 9.78 Å². The van der Waals surface area contributed by atoms with Gasteiger partial charge in [-0.3, -0.25) is 10.1 Å². The number of hydrogen-bond donors (Lipinski definition) is 2. The number of anilines is 1. The van der Waals surface area contributed by atoms with E-state index in [2.05, 4.69) is 10.3 Å². The lowest BCUT2D eigenvalue weighted by molar-refractivity contribution is -0.384. The summed E-state index contributed by atoms with van der Waals surface area (Å²) in [6.45, 7) is 0.557. The van der Waals surface area contributed by atoms with Crippen LogP contribution < -0.4 is 5.32 Å². The van der Waals surface area contributed by atoms with E-state index < -0.39 is 10.9 Å². The molecule has 0 aliphatic carbocycles. The summed E-state index contributed by atoms with van der Waals surface area (Å²) in [5.41, 5.74) is -0.403. The van der Waals surface area contributed by atoms with E-state index in [-0.39, 0.29) is 17.2 Å². The average molecular weight is 283 g/mol. The van der Waals surface area contributed by atoms with Crippen LogP contribution in [0.25, 0.3) is 0 Å². The quantitative estimate of drug-likeness (QED) is 0.628. The number of carboxylic acid groups (broad SMARTS) is 1. The monoisotopic (exact) mass is 283 g/mol. The van der Waals surface area contributed by atoms with Gasteiger partial charge in [0, 0.05) is 17.9 Å². The van der Waals surface area contributed by atoms with E-state index in [0.717, 1.165) is 24.7 Å². The Bertz CT molecular complexity index is 503. The molecule has 0 aromatic carbocycles. The molecule has 2 N–H and O–H groups in total. The number of aromatic carboxylic acids is 1. The molecule has 1 atom stereocenters. The van der Waals surface area contributed by atoms with Crippen LogP contribution in [0.2, 0.25) is 0 Å². The lowest BCUT2D eigenvalue weighted by Crippen LogP contribution is -2.16. The topological polar surface area (TPSA) is 105 Å². The first-order valence-electron chi connectivity index (χ1n) is 5.82. The van der Waals surface area contributed by atoms with E-state index >= 15 is 0 Å². The molecule has 0 spiro atoms. The smallest absolute Gasteiger partial charge is 0.354 e. The van der Waals surface area contributed by atoms with Crippen molar-refractivity contribution in [2.75, 3.05) is 17.6 Å². The Morgan fingerprint density at radius 2 is 2.42 bits per heavy atom. The first-order chi connectivity index (χ1) is 9.08. The molecule has 1 aliphatic rings. The van der Waals surface area contributed by atoms with Gasteiger partial charge in [-0.15, -0.1) is 0 Å². The fraction of sp³-hybridized carbons (Fsp3) is 0.455. The lowest BCUT2D eigenvalue weighted by atomic mass is 10.2. The third-order valence-corrected chi connectivity index (χ3v) is 4.21. The van der Waals surface area contributed by atoms with Gasteiger partial charge in [0.15, 0.2) is 5.69 Å². The van der Waals surface area contributed by atoms with Gasteiger partial charge in [0.1, 0.15) is 0 Å². The maximum absolute atomic E-state index is 10.9. The summed E-state index contributed by atoms with van der Waals surface area (Å²) in [6, 6.07) is 2.30. The number of rotatable bonds is 5. The number of pyridine rings is 1. The van der Waals surface area contributed by atoms with Crippen LogP contribution in [0.5, 0.6) is 0 Å². The predicted molar refractivity (Wildman–Crippen MR) is 71.8 cm³/mol. The Morgan fingerprint density at radius 1 is 1.63 bits per heavy atom. The average Bonchev–Trinajstić information content (AvgIpc) is 2.88. The van der Waals surface area contributed by atoms with Gasteiger partial charge in [0.25, 0.3) is 0 Å². The highest BCUT2D eigenvalue weighted by atomic mass is 32.2. The van der Waals surface area contributed by atoms with Gasteiger partial charge in [-0.1, -0.05) is 0 Å². The van der Waals surface area contributed by atoms with Gasteiger partial charge in [-0.2, -0.15) is 11.8 Å². The number of carboxylic acids is 1. The van der Waals surface area contributed by atoms with Crippen molar-refractivity contribution in [2.24, 2.45) is 0 Å². The molecule has 1 unspecified atom stereocenters. The lowest BCUT2D eigenvalue weighted by Gasteiger charge is -2.11. The summed E-state index contributed by atoms with van der Waals surface area (Å²) in [4.78, 5) is 24.9. The molecule has 2 heterocycles. The Hall–Kier alpha value is -1.83. The molecule has 102 valence electrons. The van der Waals surface area contributed by atoms with Gasteiger partial charge >= 0.3 is 11.7 Å². The van der Waals surface area contributed by atoms with Crippen LogP contribution in [0, 0.1) is 10.1 Å². The van der Waals surface area contributed by atoms with Crippen LogP contribution in [-0.2, 0) is 0 Å². The van der Waals surface area contributed by atoms with Crippen molar-refractivity contribution >= 4 is 29.2 Å². The van der Waals surface area contributed by atoms with E-state index in [1.54, 1.807) is 0 Å². The zero-order chi connectivity index (χ0) is 13.8. The molecule has 0 amide bonds. The number of nitro groups is 1. The third-order valence-electron chi connectivity index (χ3n) is 2.81. The number of hydrogen-bond acceptors (Lipinski definition) is 6. The molecule has 19 heavy (non-hydrogen) atoms. The number of aromatic nitrogens is 1. The zero-order valence-corrected chi connectivity index (χ0v) is 10.9. The van der Waals surface area contributed by atoms with Gasteiger partial charge in [0.05, 0.1) is 4.92 Å². The summed E-state index contributed by atoms with van der Waals surface area (Å²) in [5, 5.41) is 23.0. The van der Waals surface area contributed by atoms with E-state index in [1.807, 2.05) is 11.8 Å². The standard InChI is InChI=1S/C11H13N3O4S/c15-11(16)8-3-4-9(14(17)18)10(13-8)12-6-7-2-1-5-19-7/h3-4,7H,1-2,5-6H2,(H,12,13)(H,15,16). The van der Waals surface area contributed by atoms with Crippen LogP contribution in [0.3, 0.4) is 0 Å². The second-order valence-electron chi connectivity index (χ2n) is 4.14. The maximum atomic E-state index is 10.9. The van der Waals surface area contributed by atoms with Gasteiger partial charge in [-0.05, 0) is 24.7 Å². The highest BCUT2D eigenvalue weighted by Gasteiger charge is 2.21. The molecule has 1 fully saturated rings. The number of nitrogens with zero attached hydrogens (tertiary/aromatic N) is 2. The zero-order valence-electron chi connectivity index (χ0n) is 10.0. The van der Waals surface area contributed by atoms with Crippen LogP contribution in [0.15, 0.2) is 12.1 Å². The maximum Gasteiger partial charge on any atom is 0.354 e. The van der Waals surface area contributed by atoms with Crippen molar-refractivity contribution in [3.63, 3.8) is 0 Å². The molecule has 0 saturated carbocycles. The summed E-state index contributed by atoms with van der Waals surface area (Å²) in [7, 11) is 0. The normalized spacial score (nSPS) is 18.2. The van der Waals surface area contributed by atoms with Crippen molar-refractivity contribution in [1.29, 1.82) is 0 Å². The first-order valence-corrected chi connectivity index (χ1v) is 6.87. The van der Waals surface area contributed by atoms with Crippen LogP contribution in [0.4, 0.5) is 11.5 Å². The highest BCUT2D eigenvalue weighted by molar-refractivity contribution is 8.00. The minimum Gasteiger partial charge on any atom is -0.477 e. The molecule has 1 aromatic rings. The summed E-state index contributed by atoms with van der Waals surface area (Å²) >= 11 is 1.81. The second-order valence-corrected chi connectivity index (χ2v) is 5.55. The van der Waals surface area contributed by atoms with Crippen LogP contribution >= 0.6 is 11.8 Å². The number of carbonyl (C=O) groups is 1. The summed E-state index contributed by atoms with van der Waals surface area (Å²) < 4.78 is 0. The molecular formula is C11H13N3O4S. The summed E-state index contributed by atoms with van der Waals surface area (Å²) in [5.74, 6) is -0.0811. The molecule has 1 aliphatic heterocycles. The second kappa shape index (κ2) is 5.87. The third kappa shape index (κ3) is 3.34. The van der Waals surface area contributed by atoms with Crippen molar-refractivity contribution < 1.29 is 14.8 Å². The Kier molecular flexibility index (Phi) is 4.20. The minimum atomic E-state index is -1.20. The van der Waals surface area contributed by atoms with E-state index in [9.17, 15) is 14.9 Å². The van der Waals surface area contributed by atoms with Crippen molar-refractivity contribution in [2.45, 2.75) is 18.1 Å². The fourth-order valence-corrected chi connectivity index (χ4v) is 3.07. The molecular weight excluding hydrogens is 270 g/mol. The van der Waals surface area contributed by atoms with Crippen LogP contribution in [-0.4, -0.2) is 38.5 Å². The summed E-state index contributed by atoms with van der Waals surface area (Å²) in [6.07, 6.45) is 2.20. The first kappa shape index (κ1) is 13.6. The predicted octanol–water partition coefficient (Wildman–Crippen LogP) is 2.00. The number of thioether (sulfide) groups is 1. The Labute approximate surface area is 113 Å². The fourth-order valence-electron chi connectivity index (χ4n) is 1.86. The molecule has 1 aromatic heterocycles. The Morgan fingerprint density at radius 3 is 3.00 bits per heavy atom. The van der Waals surface area contributed by atoms with E-state index in [0.29, 0.717) is 11.8 Å². The van der Waals surface area contributed by atoms with Gasteiger partial charge < -0.3 is 10.4 Å². The van der Waals surface area contributed by atoms with E-state index in [4.69, 9.17) is 5.11 Å². The Balaban J connectivity index is 2.16. The van der Waals surface area contributed by atoms with E-state index in [1.165, 1.54) is 6.07 Å². The largest absolute Gasteiger partial charge is 0.477 e. The van der Waals surface area contributed by atoms with Crippen molar-refractivity contribution in [1.82, 2.24) is 4.98 Å². The number of nitrogens with one attached hydrogen (secondary N) is 1. The molecule has 1 saturated heterocycles. The highest BCUT2D eigenvalue weighted by Crippen LogP contribution is 2.28. The molecule has 8 heteroatoms.